The van der Waals surface area contributed by atoms with Crippen molar-refractivity contribution in [2.45, 2.75) is 31.2 Å². The number of rotatable bonds is 8. The fourth-order valence-electron chi connectivity index (χ4n) is 2.63. The van der Waals surface area contributed by atoms with Gasteiger partial charge in [0.1, 0.15) is 6.73 Å². The maximum Gasteiger partial charge on any atom is 0.264 e. The number of hydrogen-bond donors (Lipinski definition) is 3. The zero-order valence-corrected chi connectivity index (χ0v) is 18.4. The second-order valence-corrected chi connectivity index (χ2v) is 14.0. The van der Waals surface area contributed by atoms with Gasteiger partial charge in [0.05, 0.1) is 0 Å². The second-order valence-electron chi connectivity index (χ2n) is 7.45. The van der Waals surface area contributed by atoms with E-state index >= 15 is 0 Å². The van der Waals surface area contributed by atoms with E-state index in [0.29, 0.717) is 17.7 Å². The lowest BCUT2D eigenvalue weighted by Crippen LogP contribution is -2.41. The summed E-state index contributed by atoms with van der Waals surface area (Å²) >= 11 is 3.42. The van der Waals surface area contributed by atoms with E-state index in [1.165, 1.54) is 12.4 Å². The number of amides is 1. The molecule has 1 unspecified atom stereocenters. The lowest BCUT2D eigenvalue weighted by Gasteiger charge is -2.25. The Morgan fingerprint density at radius 2 is 2.19 bits per heavy atom. The Labute approximate surface area is 169 Å². The molecular formula is C18H26BrN5O2Si. The van der Waals surface area contributed by atoms with Gasteiger partial charge in [-0.1, -0.05) is 47.7 Å². The van der Waals surface area contributed by atoms with Crippen molar-refractivity contribution in [1.82, 2.24) is 5.32 Å². The van der Waals surface area contributed by atoms with Gasteiger partial charge < -0.3 is 16.2 Å². The van der Waals surface area contributed by atoms with Crippen LogP contribution < -0.4 is 16.8 Å². The molecule has 9 heteroatoms. The van der Waals surface area contributed by atoms with Crippen LogP contribution in [0.4, 0.5) is 0 Å². The van der Waals surface area contributed by atoms with Crippen LogP contribution in [0.5, 0.6) is 0 Å². The molecule has 1 aliphatic rings. The molecule has 0 aliphatic carbocycles. The van der Waals surface area contributed by atoms with E-state index in [-0.39, 0.29) is 18.6 Å². The van der Waals surface area contributed by atoms with Gasteiger partial charge in [0.2, 0.25) is 0 Å². The largest absolute Gasteiger partial charge is 0.404 e. The summed E-state index contributed by atoms with van der Waals surface area (Å²) in [5.74, 6) is -0.333. The van der Waals surface area contributed by atoms with Crippen molar-refractivity contribution < 1.29 is 9.53 Å². The Morgan fingerprint density at radius 3 is 2.74 bits per heavy atom. The molecule has 0 saturated carbocycles. The third-order valence-electron chi connectivity index (χ3n) is 4.09. The number of hydrogen-bond acceptors (Lipinski definition) is 6. The fraction of sp³-hybridized carbons (Fsp3) is 0.389. The highest BCUT2D eigenvalue weighted by atomic mass is 79.9. The number of benzene rings is 1. The number of nitrogens with zero attached hydrogens (tertiary/aromatic N) is 2. The number of halogens is 1. The number of carbonyl (C=O) groups is 1. The molecular weight excluding hydrogens is 426 g/mol. The van der Waals surface area contributed by atoms with Gasteiger partial charge in [-0.05, 0) is 23.7 Å². The third kappa shape index (κ3) is 5.27. The summed E-state index contributed by atoms with van der Waals surface area (Å²) in [5.41, 5.74) is 11.3. The Hall–Kier alpha value is -1.97. The molecule has 5 N–H and O–H groups in total. The van der Waals surface area contributed by atoms with Crippen LogP contribution in [0.15, 0.2) is 50.5 Å². The Balaban J connectivity index is 2.22. The molecule has 1 aromatic rings. The van der Waals surface area contributed by atoms with E-state index < -0.39 is 13.6 Å². The zero-order valence-electron chi connectivity index (χ0n) is 15.8. The minimum Gasteiger partial charge on any atom is -0.404 e. The molecule has 0 radical (unpaired) electrons. The van der Waals surface area contributed by atoms with Gasteiger partial charge in [-0.2, -0.15) is 0 Å². The number of guanidine groups is 1. The maximum atomic E-state index is 12.8. The third-order valence-corrected chi connectivity index (χ3v) is 6.29. The molecule has 1 aromatic carbocycles. The van der Waals surface area contributed by atoms with Gasteiger partial charge in [0.15, 0.2) is 11.5 Å². The molecule has 1 amide bonds. The first-order chi connectivity index (χ1) is 12.7. The summed E-state index contributed by atoms with van der Waals surface area (Å²) < 4.78 is 6.39. The van der Waals surface area contributed by atoms with Gasteiger partial charge in [0.25, 0.3) is 5.91 Å². The predicted octanol–water partition coefficient (Wildman–Crippen LogP) is 2.31. The first kappa shape index (κ1) is 21.3. The summed E-state index contributed by atoms with van der Waals surface area (Å²) in [6.45, 7) is 7.72. The lowest BCUT2D eigenvalue weighted by molar-refractivity contribution is -0.122. The van der Waals surface area contributed by atoms with Crippen LogP contribution in [0, 0.1) is 0 Å². The number of aliphatic imine (C=N–C) groups is 2. The molecule has 2 rings (SSSR count). The van der Waals surface area contributed by atoms with Crippen molar-refractivity contribution in [3.8, 4) is 0 Å². The van der Waals surface area contributed by atoms with E-state index in [2.05, 4.69) is 50.9 Å². The van der Waals surface area contributed by atoms with Crippen LogP contribution in [0.25, 0.3) is 0 Å². The van der Waals surface area contributed by atoms with Crippen LogP contribution in [0.1, 0.15) is 5.56 Å². The summed E-state index contributed by atoms with van der Waals surface area (Å²) in [6.07, 6.45) is 2.85. The normalized spacial score (nSPS) is 20.8. The summed E-state index contributed by atoms with van der Waals surface area (Å²) in [6, 6.07) is 8.36. The molecule has 7 nitrogen and oxygen atoms in total. The molecule has 0 bridgehead atoms. The van der Waals surface area contributed by atoms with Gasteiger partial charge in [-0.3, -0.25) is 15.1 Å². The zero-order chi connectivity index (χ0) is 20.1. The Bertz CT molecular complexity index is 788. The lowest BCUT2D eigenvalue weighted by atomic mass is 9.83. The number of ether oxygens (including phenoxy) is 1. The first-order valence-corrected chi connectivity index (χ1v) is 13.1. The van der Waals surface area contributed by atoms with Crippen LogP contribution >= 0.6 is 15.9 Å². The average Bonchev–Trinajstić information content (AvgIpc) is 2.88. The number of nitrogens with two attached hydrogens (primary N) is 2. The van der Waals surface area contributed by atoms with Crippen LogP contribution in [-0.2, 0) is 15.1 Å². The summed E-state index contributed by atoms with van der Waals surface area (Å²) in [7, 11) is -1.14. The summed E-state index contributed by atoms with van der Waals surface area (Å²) in [4.78, 5) is 21.4. The predicted molar refractivity (Wildman–Crippen MR) is 115 cm³/mol. The fourth-order valence-corrected chi connectivity index (χ4v) is 3.78. The van der Waals surface area contributed by atoms with Crippen molar-refractivity contribution in [3.63, 3.8) is 0 Å². The average molecular weight is 452 g/mol. The molecule has 27 heavy (non-hydrogen) atoms. The monoisotopic (exact) mass is 451 g/mol. The number of carbonyl (C=O) groups excluding carboxylic acids is 1. The van der Waals surface area contributed by atoms with Crippen LogP contribution in [-0.4, -0.2) is 39.5 Å². The molecule has 1 aliphatic heterocycles. The van der Waals surface area contributed by atoms with E-state index in [4.69, 9.17) is 16.2 Å². The first-order valence-electron chi connectivity index (χ1n) is 8.62. The number of nitrogens with one attached hydrogen (secondary N) is 1. The van der Waals surface area contributed by atoms with E-state index in [0.717, 1.165) is 10.5 Å². The molecule has 0 spiro atoms. The Morgan fingerprint density at radius 1 is 1.44 bits per heavy atom. The van der Waals surface area contributed by atoms with Crippen molar-refractivity contribution in [2.75, 3.05) is 13.3 Å². The van der Waals surface area contributed by atoms with Gasteiger partial charge in [-0.25, -0.2) is 4.99 Å². The SMILES string of the molecule is C[Si](C)(C)CCOCN=CC(=CN)C1(c2cccc(Br)c2)N=C(N)NC1=O. The quantitative estimate of drug-likeness (QED) is 0.319. The van der Waals surface area contributed by atoms with Crippen LogP contribution in [0.3, 0.4) is 0 Å². The molecule has 0 fully saturated rings. The van der Waals surface area contributed by atoms with Crippen LogP contribution in [0.2, 0.25) is 25.7 Å². The minimum atomic E-state index is -1.37. The maximum absolute atomic E-state index is 12.8. The van der Waals surface area contributed by atoms with Gasteiger partial charge in [-0.15, -0.1) is 0 Å². The van der Waals surface area contributed by atoms with E-state index in [1.54, 1.807) is 6.07 Å². The van der Waals surface area contributed by atoms with E-state index in [1.807, 2.05) is 18.2 Å². The highest BCUT2D eigenvalue weighted by Gasteiger charge is 2.47. The van der Waals surface area contributed by atoms with E-state index in [9.17, 15) is 4.79 Å². The van der Waals surface area contributed by atoms with Crippen molar-refractivity contribution >= 4 is 42.1 Å². The smallest absolute Gasteiger partial charge is 0.264 e. The minimum absolute atomic E-state index is 0.0408. The molecule has 146 valence electrons. The van der Waals surface area contributed by atoms with Crippen molar-refractivity contribution in [1.29, 1.82) is 0 Å². The topological polar surface area (TPSA) is 115 Å². The Kier molecular flexibility index (Phi) is 6.96. The summed E-state index contributed by atoms with van der Waals surface area (Å²) in [5, 5.41) is 2.56. The molecule has 0 saturated heterocycles. The van der Waals surface area contributed by atoms with Gasteiger partial charge >= 0.3 is 0 Å². The van der Waals surface area contributed by atoms with Crippen molar-refractivity contribution in [2.24, 2.45) is 21.5 Å². The highest BCUT2D eigenvalue weighted by molar-refractivity contribution is 9.10. The molecule has 1 heterocycles. The molecule has 0 aromatic heterocycles. The standard InChI is InChI=1S/C18H26BrN5O2Si/c1-27(2,3)8-7-26-12-22-11-14(10-20)18(16(25)23-17(21)24-18)13-5-4-6-15(19)9-13/h4-6,9-11H,7-8,12,20H2,1-3H3,(H3,21,23,24,25). The van der Waals surface area contributed by atoms with Crippen molar-refractivity contribution in [3.05, 3.63) is 46.1 Å². The highest BCUT2D eigenvalue weighted by Crippen LogP contribution is 2.36. The second kappa shape index (κ2) is 8.81. The molecule has 1 atom stereocenters. The van der Waals surface area contributed by atoms with Gasteiger partial charge in [0, 0.05) is 37.1 Å².